The van der Waals surface area contributed by atoms with Crippen LogP contribution in [0.1, 0.15) is 64.9 Å². The Balaban J connectivity index is 1.46. The molecule has 1 aromatic carbocycles. The summed E-state index contributed by atoms with van der Waals surface area (Å²) in [6, 6.07) is 8.49. The summed E-state index contributed by atoms with van der Waals surface area (Å²) in [6.07, 6.45) is 13.8. The first-order chi connectivity index (χ1) is 16.1. The first kappa shape index (κ1) is 22.5. The maximum atomic E-state index is 12.4. The van der Waals surface area contributed by atoms with Gasteiger partial charge in [-0.25, -0.2) is 4.98 Å². The lowest BCUT2D eigenvalue weighted by molar-refractivity contribution is -0.0651. The van der Waals surface area contributed by atoms with Gasteiger partial charge >= 0.3 is 0 Å². The molecular weight excluding hydrogens is 442 g/mol. The van der Waals surface area contributed by atoms with Crippen LogP contribution < -0.4 is 0 Å². The smallest absolute Gasteiger partial charge is 0.136 e. The lowest BCUT2D eigenvalue weighted by atomic mass is 9.49. The number of hydrogen-bond donors (Lipinski definition) is 2. The number of aliphatic hydroxyl groups excluding tert-OH is 1. The highest BCUT2D eigenvalue weighted by Gasteiger charge is 2.62. The van der Waals surface area contributed by atoms with Gasteiger partial charge < -0.3 is 10.2 Å². The van der Waals surface area contributed by atoms with Gasteiger partial charge in [0.05, 0.1) is 11.7 Å². The zero-order valence-corrected chi connectivity index (χ0v) is 21.1. The molecule has 0 spiro atoms. The summed E-state index contributed by atoms with van der Waals surface area (Å²) < 4.78 is 0. The van der Waals surface area contributed by atoms with E-state index in [0.29, 0.717) is 11.1 Å². The SMILES string of the molecule is CC1(C)C=C2C=C3CC(O)CCC3CC[C@]2(O)C2CC=C(c3ccc4c(Cl)nccc4c3)C21C. The molecule has 0 radical (unpaired) electrons. The topological polar surface area (TPSA) is 53.4 Å². The highest BCUT2D eigenvalue weighted by molar-refractivity contribution is 6.34. The monoisotopic (exact) mass is 475 g/mol. The van der Waals surface area contributed by atoms with Crippen LogP contribution in [0.15, 0.2) is 59.8 Å². The fourth-order valence-electron chi connectivity index (χ4n) is 7.64. The van der Waals surface area contributed by atoms with Crippen LogP contribution in [-0.4, -0.2) is 26.9 Å². The molecular formula is C30H34ClNO2. The van der Waals surface area contributed by atoms with E-state index in [4.69, 9.17) is 11.6 Å². The highest BCUT2D eigenvalue weighted by atomic mass is 35.5. The fraction of sp³-hybridized carbons (Fsp3) is 0.500. The van der Waals surface area contributed by atoms with Crippen molar-refractivity contribution in [2.24, 2.45) is 22.7 Å². The van der Waals surface area contributed by atoms with Gasteiger partial charge in [-0.05, 0) is 84.1 Å². The number of aliphatic hydroxyl groups is 2. The minimum atomic E-state index is -0.845. The van der Waals surface area contributed by atoms with Gasteiger partial charge in [-0.3, -0.25) is 0 Å². The molecule has 2 aromatic rings. The number of aromatic nitrogens is 1. The third-order valence-electron chi connectivity index (χ3n) is 9.83. The van der Waals surface area contributed by atoms with Crippen molar-refractivity contribution in [3.63, 3.8) is 0 Å². The Hall–Kier alpha value is -1.94. The Kier molecular flexibility index (Phi) is 4.99. The van der Waals surface area contributed by atoms with Crippen molar-refractivity contribution < 1.29 is 10.2 Å². The molecule has 0 bridgehead atoms. The van der Waals surface area contributed by atoms with Crippen LogP contribution in [0.2, 0.25) is 5.15 Å². The van der Waals surface area contributed by atoms with Gasteiger partial charge in [0.15, 0.2) is 0 Å². The standard InChI is InChI=1S/C30H34ClNO2/c1-28(2)17-22-15-21-16-23(33)6-4-18(21)10-12-30(22,34)26-9-8-25(29(26,28)3)20-5-7-24-19(14-20)11-13-32-27(24)31/h5,7-8,11,13-15,17-18,23,26,33-34H,4,6,9-10,12,16H2,1-3H3/t18?,23?,26?,29?,30-/m1/s1. The second kappa shape index (κ2) is 7.53. The Morgan fingerprint density at radius 1 is 1.09 bits per heavy atom. The number of hydrogen-bond acceptors (Lipinski definition) is 3. The third kappa shape index (κ3) is 3.06. The first-order valence-corrected chi connectivity index (χ1v) is 13.1. The molecule has 4 heteroatoms. The van der Waals surface area contributed by atoms with Crippen molar-refractivity contribution in [3.8, 4) is 0 Å². The van der Waals surface area contributed by atoms with E-state index in [1.54, 1.807) is 6.20 Å². The number of benzene rings is 1. The first-order valence-electron chi connectivity index (χ1n) is 12.7. The predicted octanol–water partition coefficient (Wildman–Crippen LogP) is 6.88. The number of allylic oxidation sites excluding steroid dienone is 3. The van der Waals surface area contributed by atoms with Crippen LogP contribution in [0.3, 0.4) is 0 Å². The predicted molar refractivity (Wildman–Crippen MR) is 138 cm³/mol. The van der Waals surface area contributed by atoms with Crippen LogP contribution in [-0.2, 0) is 0 Å². The molecule has 0 aliphatic heterocycles. The molecule has 0 saturated heterocycles. The van der Waals surface area contributed by atoms with Crippen LogP contribution in [0.4, 0.5) is 0 Å². The summed E-state index contributed by atoms with van der Waals surface area (Å²) in [5.74, 6) is 0.602. The van der Waals surface area contributed by atoms with Gasteiger partial charge in [0.2, 0.25) is 0 Å². The van der Waals surface area contributed by atoms with Gasteiger partial charge in [-0.1, -0.05) is 68.3 Å². The molecule has 4 aliphatic rings. The lowest BCUT2D eigenvalue weighted by Gasteiger charge is -2.56. The van der Waals surface area contributed by atoms with Crippen molar-refractivity contribution in [2.75, 3.05) is 0 Å². The average molecular weight is 476 g/mol. The normalized spacial score (nSPS) is 36.5. The molecule has 4 aliphatic carbocycles. The van der Waals surface area contributed by atoms with Crippen LogP contribution in [0.25, 0.3) is 16.3 Å². The summed E-state index contributed by atoms with van der Waals surface area (Å²) in [5, 5.41) is 25.3. The largest absolute Gasteiger partial charge is 0.393 e. The highest BCUT2D eigenvalue weighted by Crippen LogP contribution is 2.67. The summed E-state index contributed by atoms with van der Waals surface area (Å²) in [5.41, 5.74) is 3.76. The van der Waals surface area contributed by atoms with E-state index in [1.165, 1.54) is 16.7 Å². The summed E-state index contributed by atoms with van der Waals surface area (Å²) in [4.78, 5) is 4.22. The maximum absolute atomic E-state index is 12.4. The molecule has 1 aromatic heterocycles. The van der Waals surface area contributed by atoms with Gasteiger partial charge in [0, 0.05) is 22.9 Å². The van der Waals surface area contributed by atoms with Crippen molar-refractivity contribution in [1.82, 2.24) is 4.98 Å². The van der Waals surface area contributed by atoms with Gasteiger partial charge in [0.1, 0.15) is 5.15 Å². The Labute approximate surface area is 207 Å². The number of pyridine rings is 1. The van der Waals surface area contributed by atoms with Crippen LogP contribution >= 0.6 is 11.6 Å². The second-order valence-electron chi connectivity index (χ2n) is 11.8. The molecule has 1 heterocycles. The van der Waals surface area contributed by atoms with Crippen molar-refractivity contribution in [2.45, 2.75) is 71.0 Å². The lowest BCUT2D eigenvalue weighted by Crippen LogP contribution is -2.55. The zero-order valence-electron chi connectivity index (χ0n) is 20.3. The van der Waals surface area contributed by atoms with E-state index >= 15 is 0 Å². The Morgan fingerprint density at radius 3 is 2.74 bits per heavy atom. The number of rotatable bonds is 1. The van der Waals surface area contributed by atoms with Gasteiger partial charge in [-0.2, -0.15) is 0 Å². The molecule has 0 amide bonds. The minimum Gasteiger partial charge on any atom is -0.393 e. The van der Waals surface area contributed by atoms with Crippen LogP contribution in [0, 0.1) is 22.7 Å². The average Bonchev–Trinajstić information content (AvgIpc) is 3.10. The van der Waals surface area contributed by atoms with E-state index in [9.17, 15) is 10.2 Å². The maximum Gasteiger partial charge on any atom is 0.136 e. The van der Waals surface area contributed by atoms with E-state index < -0.39 is 5.60 Å². The molecule has 34 heavy (non-hydrogen) atoms. The molecule has 4 unspecified atom stereocenters. The van der Waals surface area contributed by atoms with Crippen molar-refractivity contribution in [1.29, 1.82) is 0 Å². The number of nitrogens with zero attached hydrogens (tertiary/aromatic N) is 1. The molecule has 2 N–H and O–H groups in total. The molecule has 1 fully saturated rings. The summed E-state index contributed by atoms with van der Waals surface area (Å²) in [6.45, 7) is 7.01. The molecule has 1 saturated carbocycles. The fourth-order valence-corrected chi connectivity index (χ4v) is 7.86. The van der Waals surface area contributed by atoms with E-state index in [1.807, 2.05) is 6.07 Å². The molecule has 3 nitrogen and oxygen atoms in total. The van der Waals surface area contributed by atoms with E-state index in [2.05, 4.69) is 62.2 Å². The molecule has 6 rings (SSSR count). The third-order valence-corrected chi connectivity index (χ3v) is 10.1. The zero-order chi connectivity index (χ0) is 23.9. The minimum absolute atomic E-state index is 0.114. The van der Waals surface area contributed by atoms with E-state index in [-0.39, 0.29) is 22.9 Å². The molecule has 178 valence electrons. The van der Waals surface area contributed by atoms with Crippen molar-refractivity contribution >= 4 is 27.9 Å². The summed E-state index contributed by atoms with van der Waals surface area (Å²) in [7, 11) is 0. The number of halogens is 1. The quantitative estimate of drug-likeness (QED) is 0.442. The van der Waals surface area contributed by atoms with Gasteiger partial charge in [-0.15, -0.1) is 0 Å². The second-order valence-corrected chi connectivity index (χ2v) is 12.1. The Bertz CT molecular complexity index is 1270. The summed E-state index contributed by atoms with van der Waals surface area (Å²) >= 11 is 6.34. The van der Waals surface area contributed by atoms with E-state index in [0.717, 1.165) is 54.9 Å². The molecule has 5 atom stereocenters. The van der Waals surface area contributed by atoms with Gasteiger partial charge in [0.25, 0.3) is 0 Å². The number of fused-ring (bicyclic) bond motifs is 5. The van der Waals surface area contributed by atoms with Crippen LogP contribution in [0.5, 0.6) is 0 Å². The Morgan fingerprint density at radius 2 is 1.91 bits per heavy atom. The van der Waals surface area contributed by atoms with Crippen molar-refractivity contribution in [3.05, 3.63) is 70.6 Å².